The van der Waals surface area contributed by atoms with E-state index in [9.17, 15) is 19.1 Å². The van der Waals surface area contributed by atoms with Crippen LogP contribution in [0.4, 0.5) is 4.39 Å². The Morgan fingerprint density at radius 2 is 1.83 bits per heavy atom. The van der Waals surface area contributed by atoms with Crippen molar-refractivity contribution in [2.45, 2.75) is 84.4 Å². The molecule has 0 fully saturated rings. The number of ether oxygens (including phenoxy) is 3. The summed E-state index contributed by atoms with van der Waals surface area (Å²) in [5.41, 5.74) is 9.29. The van der Waals surface area contributed by atoms with Gasteiger partial charge in [0.2, 0.25) is 12.3 Å². The average molecular weight is 650 g/mol. The molecule has 254 valence electrons. The molecule has 9 nitrogen and oxygen atoms in total. The maximum atomic E-state index is 13.4. The maximum absolute atomic E-state index is 13.4. The summed E-state index contributed by atoms with van der Waals surface area (Å²) in [5.74, 6) is 1.67. The van der Waals surface area contributed by atoms with Gasteiger partial charge in [-0.3, -0.25) is 9.59 Å². The van der Waals surface area contributed by atoms with Crippen molar-refractivity contribution in [2.75, 3.05) is 26.3 Å². The fourth-order valence-electron chi connectivity index (χ4n) is 5.60. The first-order chi connectivity index (χ1) is 22.5. The summed E-state index contributed by atoms with van der Waals surface area (Å²) in [6.07, 6.45) is 5.44. The van der Waals surface area contributed by atoms with Crippen LogP contribution in [0.15, 0.2) is 48.5 Å². The predicted octanol–water partition coefficient (Wildman–Crippen LogP) is 5.91. The quantitative estimate of drug-likeness (QED) is 0.123. The first-order valence-corrected chi connectivity index (χ1v) is 16.5. The lowest BCUT2D eigenvalue weighted by molar-refractivity contribution is -0.126. The molecule has 1 aliphatic heterocycles. The lowest BCUT2D eigenvalue weighted by Crippen LogP contribution is -2.49. The third-order valence-corrected chi connectivity index (χ3v) is 8.20. The number of benzene rings is 3. The van der Waals surface area contributed by atoms with Gasteiger partial charge in [0, 0.05) is 43.1 Å². The lowest BCUT2D eigenvalue weighted by atomic mass is 9.97. The number of hydrogen-bond acceptors (Lipinski definition) is 7. The molecule has 3 aromatic rings. The van der Waals surface area contributed by atoms with Gasteiger partial charge >= 0.3 is 0 Å². The molecule has 4 N–H and O–H groups in total. The third-order valence-electron chi connectivity index (χ3n) is 8.20. The minimum absolute atomic E-state index is 0.0761. The van der Waals surface area contributed by atoms with Crippen LogP contribution in [0.25, 0.3) is 11.1 Å². The van der Waals surface area contributed by atoms with Gasteiger partial charge in [0.05, 0.1) is 18.8 Å². The fourth-order valence-corrected chi connectivity index (χ4v) is 5.60. The normalized spacial score (nSPS) is 14.1. The Kier molecular flexibility index (Phi) is 12.5. The first-order valence-electron chi connectivity index (χ1n) is 16.5. The molecule has 0 aliphatic carbocycles. The van der Waals surface area contributed by atoms with Gasteiger partial charge in [0.15, 0.2) is 6.23 Å². The number of phenols is 1. The second-order valence-electron chi connectivity index (χ2n) is 12.5. The molecule has 0 aromatic heterocycles. The van der Waals surface area contributed by atoms with Crippen molar-refractivity contribution in [2.24, 2.45) is 5.73 Å². The van der Waals surface area contributed by atoms with E-state index in [0.717, 1.165) is 59.4 Å². The van der Waals surface area contributed by atoms with E-state index in [1.807, 2.05) is 25.1 Å². The molecular weight excluding hydrogens is 601 g/mol. The van der Waals surface area contributed by atoms with Gasteiger partial charge in [-0.05, 0) is 80.5 Å². The summed E-state index contributed by atoms with van der Waals surface area (Å²) in [4.78, 5) is 25.7. The van der Waals surface area contributed by atoms with Crippen molar-refractivity contribution < 1.29 is 33.3 Å². The van der Waals surface area contributed by atoms with Crippen LogP contribution in [-0.2, 0) is 28.9 Å². The highest BCUT2D eigenvalue weighted by Crippen LogP contribution is 2.39. The summed E-state index contributed by atoms with van der Waals surface area (Å²) in [6, 6.07) is 13.6. The van der Waals surface area contributed by atoms with Gasteiger partial charge < -0.3 is 35.3 Å². The molecule has 1 atom stereocenters. The Labute approximate surface area is 277 Å². The molecule has 0 spiro atoms. The van der Waals surface area contributed by atoms with Gasteiger partial charge in [0.25, 0.3) is 0 Å². The van der Waals surface area contributed by atoms with Crippen molar-refractivity contribution in [3.63, 3.8) is 0 Å². The number of aromatic hydroxyl groups is 1. The number of halogens is 1. The molecule has 4 rings (SSSR count). The van der Waals surface area contributed by atoms with Crippen LogP contribution in [0.3, 0.4) is 0 Å². The second kappa shape index (κ2) is 16.5. The number of nitrogens with two attached hydrogens (primary N) is 1. The molecule has 3 aromatic carbocycles. The number of aryl methyl sites for hydroxylation is 2. The molecule has 47 heavy (non-hydrogen) atoms. The topological polar surface area (TPSA) is 123 Å². The zero-order valence-electron chi connectivity index (χ0n) is 27.9. The molecule has 2 amide bonds. The summed E-state index contributed by atoms with van der Waals surface area (Å²) in [6.45, 7) is 9.11. The Hall–Kier alpha value is -4.31. The molecule has 0 saturated heterocycles. The standard InChI is InChI=1S/C37H48FN3O6/c1-5-9-29-32(16-12-27-13-17-34(47-35(27)29)41(24-42)19-7-18-40-36(44)37(3,4)39)45-20-8-21-46-33-23-31(43)30(22-25(33)6-2)26-10-14-28(38)15-11-26/h10-12,14-16,22-24,34,43H,5-9,13,17-21,39H2,1-4H3,(H,40,44). The van der Waals surface area contributed by atoms with Gasteiger partial charge in [-0.15, -0.1) is 0 Å². The number of nitrogens with zero attached hydrogens (tertiary/aromatic N) is 1. The molecule has 1 heterocycles. The Morgan fingerprint density at radius 3 is 2.49 bits per heavy atom. The van der Waals surface area contributed by atoms with Crippen molar-refractivity contribution in [1.29, 1.82) is 0 Å². The van der Waals surface area contributed by atoms with Gasteiger partial charge in [-0.2, -0.15) is 0 Å². The summed E-state index contributed by atoms with van der Waals surface area (Å²) in [5, 5.41) is 13.5. The van der Waals surface area contributed by atoms with E-state index < -0.39 is 11.8 Å². The minimum Gasteiger partial charge on any atom is -0.507 e. The van der Waals surface area contributed by atoms with E-state index in [1.165, 1.54) is 12.1 Å². The van der Waals surface area contributed by atoms with E-state index in [4.69, 9.17) is 19.9 Å². The Morgan fingerprint density at radius 1 is 1.11 bits per heavy atom. The zero-order chi connectivity index (χ0) is 34.0. The third kappa shape index (κ3) is 9.38. The van der Waals surface area contributed by atoms with Crippen LogP contribution in [-0.4, -0.2) is 60.4 Å². The highest BCUT2D eigenvalue weighted by molar-refractivity contribution is 5.85. The molecule has 10 heteroatoms. The number of carbonyl (C=O) groups is 2. The van der Waals surface area contributed by atoms with E-state index in [-0.39, 0.29) is 17.5 Å². The number of rotatable bonds is 17. The largest absolute Gasteiger partial charge is 0.507 e. The zero-order valence-corrected chi connectivity index (χ0v) is 27.9. The summed E-state index contributed by atoms with van der Waals surface area (Å²) < 4.78 is 32.1. The summed E-state index contributed by atoms with van der Waals surface area (Å²) in [7, 11) is 0. The number of nitrogens with one attached hydrogen (secondary N) is 1. The van der Waals surface area contributed by atoms with Crippen LogP contribution in [0.2, 0.25) is 0 Å². The van der Waals surface area contributed by atoms with Crippen molar-refractivity contribution in [1.82, 2.24) is 10.2 Å². The van der Waals surface area contributed by atoms with Crippen LogP contribution in [0.5, 0.6) is 23.0 Å². The number of hydrogen-bond donors (Lipinski definition) is 3. The second-order valence-corrected chi connectivity index (χ2v) is 12.5. The van der Waals surface area contributed by atoms with Gasteiger partial charge in [0.1, 0.15) is 28.8 Å². The fraction of sp³-hybridized carbons (Fsp3) is 0.459. The van der Waals surface area contributed by atoms with E-state index >= 15 is 0 Å². The molecule has 0 radical (unpaired) electrons. The molecule has 0 saturated carbocycles. The van der Waals surface area contributed by atoms with Crippen LogP contribution in [0.1, 0.15) is 70.1 Å². The number of phenolic OH excluding ortho intramolecular Hbond substituents is 1. The van der Waals surface area contributed by atoms with Crippen LogP contribution < -0.4 is 25.3 Å². The van der Waals surface area contributed by atoms with Crippen LogP contribution in [0, 0.1) is 5.82 Å². The highest BCUT2D eigenvalue weighted by Gasteiger charge is 2.28. The summed E-state index contributed by atoms with van der Waals surface area (Å²) >= 11 is 0. The van der Waals surface area contributed by atoms with Crippen molar-refractivity contribution in [3.05, 3.63) is 71.0 Å². The number of amides is 2. The van der Waals surface area contributed by atoms with Gasteiger partial charge in [-0.25, -0.2) is 4.39 Å². The van der Waals surface area contributed by atoms with Crippen molar-refractivity contribution >= 4 is 12.3 Å². The Balaban J connectivity index is 1.34. The van der Waals surface area contributed by atoms with Gasteiger partial charge in [-0.1, -0.05) is 38.5 Å². The Bertz CT molecular complexity index is 1510. The van der Waals surface area contributed by atoms with E-state index in [1.54, 1.807) is 36.9 Å². The average Bonchev–Trinajstić information content (AvgIpc) is 3.05. The van der Waals surface area contributed by atoms with Crippen molar-refractivity contribution in [3.8, 4) is 34.1 Å². The highest BCUT2D eigenvalue weighted by atomic mass is 19.1. The maximum Gasteiger partial charge on any atom is 0.239 e. The lowest BCUT2D eigenvalue weighted by Gasteiger charge is -2.34. The molecule has 1 unspecified atom stereocenters. The number of fused-ring (bicyclic) bond motifs is 1. The number of carbonyl (C=O) groups excluding carboxylic acids is 2. The predicted molar refractivity (Wildman–Crippen MR) is 180 cm³/mol. The van der Waals surface area contributed by atoms with Crippen LogP contribution >= 0.6 is 0 Å². The molecular formula is C37H48FN3O6. The minimum atomic E-state index is -0.953. The first kappa shape index (κ1) is 35.5. The molecule has 1 aliphatic rings. The van der Waals surface area contributed by atoms with E-state index in [0.29, 0.717) is 63.3 Å². The monoisotopic (exact) mass is 649 g/mol. The smallest absolute Gasteiger partial charge is 0.239 e. The SMILES string of the molecule is CCCc1c(OCCCOc2cc(O)c(-c3ccc(F)cc3)cc2CC)ccc2c1OC(N(C=O)CCCNC(=O)C(C)(C)N)CC2. The van der Waals surface area contributed by atoms with E-state index in [2.05, 4.69) is 12.2 Å². The molecule has 0 bridgehead atoms.